The molecule has 0 heterocycles. The molecule has 2 aliphatic carbocycles. The third-order valence-corrected chi connectivity index (χ3v) is 6.81. The second-order valence-electron chi connectivity index (χ2n) is 8.61. The maximum absolute atomic E-state index is 14.2. The fourth-order valence-corrected chi connectivity index (χ4v) is 4.90. The lowest BCUT2D eigenvalue weighted by Gasteiger charge is -2.36. The van der Waals surface area contributed by atoms with Gasteiger partial charge in [0.05, 0.1) is 6.54 Å². The Balaban J connectivity index is 1.58. The standard InChI is InChI=1S/C23H34FN3OS/c1-17-9-5-8-14-21(17)26-22(28)15-25-23(29)27(19-11-3-2-4-12-19)16-18-10-6-7-13-20(18)24/h6-7,10,13,17,19,21H,2-5,8-9,11-12,14-16H2,1H3,(H,25,29)(H,26,28)/t17-,21-/m1/s1. The van der Waals surface area contributed by atoms with Crippen LogP contribution in [-0.4, -0.2) is 34.5 Å². The molecule has 2 saturated carbocycles. The van der Waals surface area contributed by atoms with Crippen LogP contribution in [0.3, 0.4) is 0 Å². The van der Waals surface area contributed by atoms with E-state index in [4.69, 9.17) is 12.2 Å². The number of carbonyl (C=O) groups excluding carboxylic acids is 1. The Morgan fingerprint density at radius 3 is 2.52 bits per heavy atom. The van der Waals surface area contributed by atoms with E-state index in [0.29, 0.717) is 29.2 Å². The predicted octanol–water partition coefficient (Wildman–Crippen LogP) is 4.53. The van der Waals surface area contributed by atoms with E-state index in [0.717, 1.165) is 19.3 Å². The van der Waals surface area contributed by atoms with Crippen molar-refractivity contribution in [3.8, 4) is 0 Å². The zero-order valence-electron chi connectivity index (χ0n) is 17.5. The molecule has 0 spiro atoms. The highest BCUT2D eigenvalue weighted by molar-refractivity contribution is 7.80. The summed E-state index contributed by atoms with van der Waals surface area (Å²) in [6.45, 7) is 2.81. The van der Waals surface area contributed by atoms with Crippen LogP contribution in [0.15, 0.2) is 24.3 Å². The smallest absolute Gasteiger partial charge is 0.239 e. The molecule has 3 rings (SSSR count). The van der Waals surface area contributed by atoms with E-state index in [1.807, 2.05) is 12.1 Å². The molecule has 2 atom stereocenters. The van der Waals surface area contributed by atoms with Crippen molar-refractivity contribution in [3.63, 3.8) is 0 Å². The van der Waals surface area contributed by atoms with Crippen molar-refractivity contribution in [2.45, 2.75) is 83.3 Å². The summed E-state index contributed by atoms with van der Waals surface area (Å²) in [4.78, 5) is 14.5. The third-order valence-electron chi connectivity index (χ3n) is 6.43. The molecule has 4 nitrogen and oxygen atoms in total. The minimum absolute atomic E-state index is 0.0133. The number of thiocarbonyl (C=S) groups is 1. The Hall–Kier alpha value is -1.69. The van der Waals surface area contributed by atoms with Gasteiger partial charge in [0.2, 0.25) is 5.91 Å². The first-order chi connectivity index (χ1) is 14.0. The fraction of sp³-hybridized carbons (Fsp3) is 0.652. The molecule has 2 aliphatic rings. The Kier molecular flexibility index (Phi) is 8.28. The molecule has 0 unspecified atom stereocenters. The highest BCUT2D eigenvalue weighted by Crippen LogP contribution is 2.25. The van der Waals surface area contributed by atoms with Crippen LogP contribution in [0.5, 0.6) is 0 Å². The maximum Gasteiger partial charge on any atom is 0.239 e. The Bertz CT molecular complexity index is 692. The predicted molar refractivity (Wildman–Crippen MR) is 119 cm³/mol. The fourth-order valence-electron chi connectivity index (χ4n) is 4.62. The molecule has 0 aliphatic heterocycles. The first kappa shape index (κ1) is 22.0. The topological polar surface area (TPSA) is 44.4 Å². The average molecular weight is 420 g/mol. The number of hydrogen-bond donors (Lipinski definition) is 2. The SMILES string of the molecule is C[C@@H]1CCCC[C@H]1NC(=O)CNC(=S)N(Cc1ccccc1F)C1CCCCC1. The quantitative estimate of drug-likeness (QED) is 0.665. The first-order valence-corrected chi connectivity index (χ1v) is 11.5. The lowest BCUT2D eigenvalue weighted by molar-refractivity contribution is -0.121. The summed E-state index contributed by atoms with van der Waals surface area (Å²) in [5.74, 6) is 0.306. The van der Waals surface area contributed by atoms with E-state index in [-0.39, 0.29) is 24.3 Å². The van der Waals surface area contributed by atoms with Gasteiger partial charge in [0.15, 0.2) is 5.11 Å². The average Bonchev–Trinajstić information content (AvgIpc) is 2.74. The van der Waals surface area contributed by atoms with Gasteiger partial charge in [-0.2, -0.15) is 0 Å². The summed E-state index contributed by atoms with van der Waals surface area (Å²) < 4.78 is 14.2. The molecular weight excluding hydrogens is 385 g/mol. The zero-order valence-corrected chi connectivity index (χ0v) is 18.3. The number of hydrogen-bond acceptors (Lipinski definition) is 2. The van der Waals surface area contributed by atoms with Crippen molar-refractivity contribution in [2.75, 3.05) is 6.54 Å². The van der Waals surface area contributed by atoms with Crippen LogP contribution >= 0.6 is 12.2 Å². The van der Waals surface area contributed by atoms with E-state index in [1.165, 1.54) is 44.6 Å². The molecule has 0 radical (unpaired) electrons. The van der Waals surface area contributed by atoms with Gasteiger partial charge in [-0.25, -0.2) is 4.39 Å². The Morgan fingerprint density at radius 2 is 1.79 bits per heavy atom. The number of amides is 1. The lowest BCUT2D eigenvalue weighted by atomic mass is 9.86. The Morgan fingerprint density at radius 1 is 1.10 bits per heavy atom. The summed E-state index contributed by atoms with van der Waals surface area (Å²) in [5.41, 5.74) is 0.641. The van der Waals surface area contributed by atoms with Crippen molar-refractivity contribution in [3.05, 3.63) is 35.6 Å². The minimum Gasteiger partial charge on any atom is -0.353 e. The summed E-state index contributed by atoms with van der Waals surface area (Å²) in [5, 5.41) is 6.86. The molecule has 2 fully saturated rings. The van der Waals surface area contributed by atoms with E-state index < -0.39 is 0 Å². The number of halogens is 1. The molecule has 0 aromatic heterocycles. The molecule has 0 bridgehead atoms. The second kappa shape index (κ2) is 10.9. The minimum atomic E-state index is -0.208. The Labute approximate surface area is 179 Å². The lowest BCUT2D eigenvalue weighted by Crippen LogP contribution is -2.50. The molecular formula is C23H34FN3OS. The van der Waals surface area contributed by atoms with E-state index in [9.17, 15) is 9.18 Å². The molecule has 6 heteroatoms. The summed E-state index contributed by atoms with van der Waals surface area (Å²) in [6.07, 6.45) is 10.4. The van der Waals surface area contributed by atoms with E-state index >= 15 is 0 Å². The van der Waals surface area contributed by atoms with Gasteiger partial charge >= 0.3 is 0 Å². The number of carbonyl (C=O) groups is 1. The van der Waals surface area contributed by atoms with Gasteiger partial charge in [0.25, 0.3) is 0 Å². The van der Waals surface area contributed by atoms with E-state index in [2.05, 4.69) is 22.5 Å². The van der Waals surface area contributed by atoms with Crippen LogP contribution < -0.4 is 10.6 Å². The number of rotatable bonds is 6. The van der Waals surface area contributed by atoms with Gasteiger partial charge in [-0.15, -0.1) is 0 Å². The van der Waals surface area contributed by atoms with Gasteiger partial charge in [0, 0.05) is 24.2 Å². The van der Waals surface area contributed by atoms with Crippen molar-refractivity contribution in [1.29, 1.82) is 0 Å². The van der Waals surface area contributed by atoms with Crippen LogP contribution in [0, 0.1) is 11.7 Å². The molecule has 2 N–H and O–H groups in total. The number of nitrogens with one attached hydrogen (secondary N) is 2. The highest BCUT2D eigenvalue weighted by atomic mass is 32.1. The van der Waals surface area contributed by atoms with Gasteiger partial charge in [-0.3, -0.25) is 4.79 Å². The van der Waals surface area contributed by atoms with Crippen LogP contribution in [0.1, 0.15) is 70.3 Å². The van der Waals surface area contributed by atoms with Crippen LogP contribution in [-0.2, 0) is 11.3 Å². The van der Waals surface area contributed by atoms with E-state index in [1.54, 1.807) is 6.07 Å². The second-order valence-corrected chi connectivity index (χ2v) is 8.99. The third kappa shape index (κ3) is 6.39. The zero-order chi connectivity index (χ0) is 20.6. The number of benzene rings is 1. The monoisotopic (exact) mass is 419 g/mol. The summed E-state index contributed by atoms with van der Waals surface area (Å²) in [6, 6.07) is 7.42. The van der Waals surface area contributed by atoms with Crippen molar-refractivity contribution in [1.82, 2.24) is 15.5 Å². The van der Waals surface area contributed by atoms with Crippen molar-refractivity contribution < 1.29 is 9.18 Å². The van der Waals surface area contributed by atoms with Gasteiger partial charge in [0.1, 0.15) is 5.82 Å². The van der Waals surface area contributed by atoms with Gasteiger partial charge < -0.3 is 15.5 Å². The number of nitrogens with zero attached hydrogens (tertiary/aromatic N) is 1. The normalized spacial score (nSPS) is 22.7. The van der Waals surface area contributed by atoms with Gasteiger partial charge in [-0.1, -0.05) is 57.2 Å². The molecule has 1 amide bonds. The summed E-state index contributed by atoms with van der Waals surface area (Å²) >= 11 is 5.66. The summed E-state index contributed by atoms with van der Waals surface area (Å²) in [7, 11) is 0. The highest BCUT2D eigenvalue weighted by Gasteiger charge is 2.26. The van der Waals surface area contributed by atoms with Crippen molar-refractivity contribution >= 4 is 23.2 Å². The first-order valence-electron chi connectivity index (χ1n) is 11.1. The molecule has 0 saturated heterocycles. The van der Waals surface area contributed by atoms with Crippen LogP contribution in [0.25, 0.3) is 0 Å². The molecule has 160 valence electrons. The van der Waals surface area contributed by atoms with Crippen LogP contribution in [0.2, 0.25) is 0 Å². The molecule has 1 aromatic rings. The van der Waals surface area contributed by atoms with Crippen molar-refractivity contribution in [2.24, 2.45) is 5.92 Å². The molecule has 1 aromatic carbocycles. The maximum atomic E-state index is 14.2. The molecule has 29 heavy (non-hydrogen) atoms. The van der Waals surface area contributed by atoms with Crippen LogP contribution in [0.4, 0.5) is 4.39 Å². The van der Waals surface area contributed by atoms with Gasteiger partial charge in [-0.05, 0) is 49.9 Å². The largest absolute Gasteiger partial charge is 0.353 e.